The van der Waals surface area contributed by atoms with Crippen LogP contribution in [0.2, 0.25) is 0 Å². The first-order chi connectivity index (χ1) is 12.5. The van der Waals surface area contributed by atoms with Crippen LogP contribution in [0.5, 0.6) is 0 Å². The minimum absolute atomic E-state index is 0.0174. The highest BCUT2D eigenvalue weighted by Gasteiger charge is 2.14. The van der Waals surface area contributed by atoms with Crippen molar-refractivity contribution in [2.45, 2.75) is 6.54 Å². The molecule has 3 rings (SSSR count). The predicted octanol–water partition coefficient (Wildman–Crippen LogP) is 3.14. The van der Waals surface area contributed by atoms with Gasteiger partial charge in [0.25, 0.3) is 11.8 Å². The molecule has 2 aromatic heterocycles. The third-order valence-electron chi connectivity index (χ3n) is 3.40. The molecule has 1 aromatic carbocycles. The number of hydrogen-bond acceptors (Lipinski definition) is 4. The van der Waals surface area contributed by atoms with Gasteiger partial charge >= 0.3 is 0 Å². The van der Waals surface area contributed by atoms with Gasteiger partial charge in [-0.25, -0.2) is 13.8 Å². The zero-order chi connectivity index (χ0) is 18.5. The van der Waals surface area contributed by atoms with Gasteiger partial charge in [-0.1, -0.05) is 6.07 Å². The van der Waals surface area contributed by atoms with Gasteiger partial charge in [-0.3, -0.25) is 9.59 Å². The number of nitrogens with one attached hydrogen (secondary N) is 2. The fraction of sp³-hybridized carbons (Fsp3) is 0.0556. The molecule has 6 nitrogen and oxygen atoms in total. The molecule has 0 bridgehead atoms. The fourth-order valence-corrected chi connectivity index (χ4v) is 2.14. The van der Waals surface area contributed by atoms with Gasteiger partial charge in [0.05, 0.1) is 18.5 Å². The molecule has 0 unspecified atom stereocenters. The molecule has 26 heavy (non-hydrogen) atoms. The fourth-order valence-electron chi connectivity index (χ4n) is 2.14. The standard InChI is InChI=1S/C18H13F2N3O3/c19-11-6-7-14(13(20)9-11)23-18(25)16-5-1-4-15(22-16)17(24)21-10-12-3-2-8-26-12/h1-9H,10H2,(H,21,24)(H,23,25). The number of hydrogen-bond donors (Lipinski definition) is 2. The lowest BCUT2D eigenvalue weighted by atomic mass is 10.2. The van der Waals surface area contributed by atoms with Crippen LogP contribution in [-0.2, 0) is 6.54 Å². The van der Waals surface area contributed by atoms with Gasteiger partial charge < -0.3 is 15.1 Å². The molecule has 0 aliphatic carbocycles. The van der Waals surface area contributed by atoms with Gasteiger partial charge in [0.1, 0.15) is 28.8 Å². The summed E-state index contributed by atoms with van der Waals surface area (Å²) in [7, 11) is 0. The van der Waals surface area contributed by atoms with E-state index in [4.69, 9.17) is 4.42 Å². The number of benzene rings is 1. The Hall–Kier alpha value is -3.55. The summed E-state index contributed by atoms with van der Waals surface area (Å²) in [6, 6.07) is 10.5. The van der Waals surface area contributed by atoms with E-state index in [1.165, 1.54) is 24.5 Å². The van der Waals surface area contributed by atoms with Crippen molar-refractivity contribution < 1.29 is 22.8 Å². The maximum Gasteiger partial charge on any atom is 0.274 e. The van der Waals surface area contributed by atoms with Gasteiger partial charge in [-0.05, 0) is 36.4 Å². The van der Waals surface area contributed by atoms with Crippen LogP contribution in [0.25, 0.3) is 0 Å². The van der Waals surface area contributed by atoms with Crippen molar-refractivity contribution in [1.29, 1.82) is 0 Å². The third kappa shape index (κ3) is 4.10. The number of carbonyl (C=O) groups excluding carboxylic acids is 2. The number of anilines is 1. The number of amides is 2. The van der Waals surface area contributed by atoms with Crippen LogP contribution >= 0.6 is 0 Å². The number of furan rings is 1. The molecule has 8 heteroatoms. The second-order valence-corrected chi connectivity index (χ2v) is 5.25. The van der Waals surface area contributed by atoms with Crippen molar-refractivity contribution in [2.75, 3.05) is 5.32 Å². The normalized spacial score (nSPS) is 10.4. The lowest BCUT2D eigenvalue weighted by Crippen LogP contribution is -2.25. The molecule has 0 atom stereocenters. The van der Waals surface area contributed by atoms with Crippen LogP contribution in [0.4, 0.5) is 14.5 Å². The number of rotatable bonds is 5. The monoisotopic (exact) mass is 357 g/mol. The van der Waals surface area contributed by atoms with E-state index in [0.29, 0.717) is 11.8 Å². The SMILES string of the molecule is O=C(NCc1ccco1)c1cccc(C(=O)Nc2ccc(F)cc2F)n1. The molecular weight excluding hydrogens is 344 g/mol. The van der Waals surface area contributed by atoms with E-state index >= 15 is 0 Å². The average Bonchev–Trinajstić information content (AvgIpc) is 3.15. The van der Waals surface area contributed by atoms with Gasteiger partial charge in [0.15, 0.2) is 0 Å². The first kappa shape index (κ1) is 17.3. The van der Waals surface area contributed by atoms with Crippen molar-refractivity contribution in [3.8, 4) is 0 Å². The lowest BCUT2D eigenvalue weighted by molar-refractivity contribution is 0.0943. The smallest absolute Gasteiger partial charge is 0.274 e. The summed E-state index contributed by atoms with van der Waals surface area (Å²) in [5.41, 5.74) is -0.256. The van der Waals surface area contributed by atoms with Crippen LogP contribution in [0.3, 0.4) is 0 Å². The van der Waals surface area contributed by atoms with Crippen molar-refractivity contribution in [3.05, 3.63) is 83.6 Å². The summed E-state index contributed by atoms with van der Waals surface area (Å²) in [5.74, 6) is -2.32. The van der Waals surface area contributed by atoms with Gasteiger partial charge in [-0.2, -0.15) is 0 Å². The third-order valence-corrected chi connectivity index (χ3v) is 3.40. The second kappa shape index (κ2) is 7.56. The van der Waals surface area contributed by atoms with E-state index in [2.05, 4.69) is 15.6 Å². The Bertz CT molecular complexity index is 943. The van der Waals surface area contributed by atoms with Crippen molar-refractivity contribution in [3.63, 3.8) is 0 Å². The highest BCUT2D eigenvalue weighted by atomic mass is 19.1. The van der Waals surface area contributed by atoms with Crippen LogP contribution < -0.4 is 10.6 Å². The summed E-state index contributed by atoms with van der Waals surface area (Å²) < 4.78 is 31.6. The molecule has 0 saturated heterocycles. The maximum atomic E-state index is 13.6. The van der Waals surface area contributed by atoms with Crippen molar-refractivity contribution in [1.82, 2.24) is 10.3 Å². The topological polar surface area (TPSA) is 84.2 Å². The Labute approximate surface area is 146 Å². The number of pyridine rings is 1. The second-order valence-electron chi connectivity index (χ2n) is 5.25. The number of carbonyl (C=O) groups is 2. The molecule has 0 radical (unpaired) electrons. The molecule has 2 heterocycles. The Morgan fingerprint density at radius 2 is 1.77 bits per heavy atom. The minimum Gasteiger partial charge on any atom is -0.467 e. The number of halogens is 2. The average molecular weight is 357 g/mol. The highest BCUT2D eigenvalue weighted by Crippen LogP contribution is 2.16. The zero-order valence-electron chi connectivity index (χ0n) is 13.3. The van der Waals surface area contributed by atoms with Crippen LogP contribution in [0.1, 0.15) is 26.7 Å². The van der Waals surface area contributed by atoms with Crippen molar-refractivity contribution >= 4 is 17.5 Å². The highest BCUT2D eigenvalue weighted by molar-refractivity contribution is 6.03. The quantitative estimate of drug-likeness (QED) is 0.735. The van der Waals surface area contributed by atoms with Gasteiger partial charge in [-0.15, -0.1) is 0 Å². The molecule has 0 spiro atoms. The Morgan fingerprint density at radius 1 is 1.00 bits per heavy atom. The minimum atomic E-state index is -0.911. The van der Waals surface area contributed by atoms with Crippen LogP contribution in [0, 0.1) is 11.6 Å². The number of nitrogens with zero attached hydrogens (tertiary/aromatic N) is 1. The van der Waals surface area contributed by atoms with E-state index in [0.717, 1.165) is 12.1 Å². The van der Waals surface area contributed by atoms with Gasteiger partial charge in [0.2, 0.25) is 0 Å². The molecule has 2 amide bonds. The van der Waals surface area contributed by atoms with E-state index in [-0.39, 0.29) is 23.6 Å². The summed E-state index contributed by atoms with van der Waals surface area (Å²) in [5, 5.41) is 4.89. The van der Waals surface area contributed by atoms with E-state index < -0.39 is 23.4 Å². The van der Waals surface area contributed by atoms with E-state index in [9.17, 15) is 18.4 Å². The first-order valence-corrected chi connectivity index (χ1v) is 7.57. The Kier molecular flexibility index (Phi) is 5.02. The largest absolute Gasteiger partial charge is 0.467 e. The number of aromatic nitrogens is 1. The van der Waals surface area contributed by atoms with Crippen LogP contribution in [-0.4, -0.2) is 16.8 Å². The molecule has 0 aliphatic rings. The summed E-state index contributed by atoms with van der Waals surface area (Å²) in [4.78, 5) is 28.3. The Morgan fingerprint density at radius 3 is 2.46 bits per heavy atom. The predicted molar refractivity (Wildman–Crippen MR) is 88.4 cm³/mol. The zero-order valence-corrected chi connectivity index (χ0v) is 13.3. The van der Waals surface area contributed by atoms with E-state index in [1.54, 1.807) is 12.1 Å². The molecule has 3 aromatic rings. The Balaban J connectivity index is 1.69. The molecule has 2 N–H and O–H groups in total. The first-order valence-electron chi connectivity index (χ1n) is 7.57. The van der Waals surface area contributed by atoms with Crippen molar-refractivity contribution in [2.24, 2.45) is 0 Å². The summed E-state index contributed by atoms with van der Waals surface area (Å²) in [6.07, 6.45) is 1.49. The molecule has 0 fully saturated rings. The summed E-state index contributed by atoms with van der Waals surface area (Å²) in [6.45, 7) is 0.171. The lowest BCUT2D eigenvalue weighted by Gasteiger charge is -2.07. The summed E-state index contributed by atoms with van der Waals surface area (Å²) >= 11 is 0. The molecule has 0 saturated carbocycles. The van der Waals surface area contributed by atoms with E-state index in [1.807, 2.05) is 0 Å². The molecular formula is C18H13F2N3O3. The van der Waals surface area contributed by atoms with Crippen LogP contribution in [0.15, 0.2) is 59.2 Å². The maximum absolute atomic E-state index is 13.6. The molecule has 132 valence electrons. The van der Waals surface area contributed by atoms with Gasteiger partial charge in [0, 0.05) is 6.07 Å². The molecule has 0 aliphatic heterocycles.